The Balaban J connectivity index is 1.41. The average Bonchev–Trinajstić information content (AvgIpc) is 3.58. The van der Waals surface area contributed by atoms with Gasteiger partial charge in [0.1, 0.15) is 11.9 Å². The van der Waals surface area contributed by atoms with E-state index in [0.717, 1.165) is 16.5 Å². The number of aryl methyl sites for hydroxylation is 2. The van der Waals surface area contributed by atoms with E-state index >= 15 is 0 Å². The Morgan fingerprint density at radius 3 is 2.66 bits per heavy atom. The summed E-state index contributed by atoms with van der Waals surface area (Å²) in [5.74, 6) is -0.625. The number of rotatable bonds is 9. The molecule has 12 nitrogen and oxygen atoms in total. The van der Waals surface area contributed by atoms with Crippen LogP contribution in [0, 0.1) is 5.92 Å². The molecule has 0 bridgehead atoms. The first-order chi connectivity index (χ1) is 20.9. The van der Waals surface area contributed by atoms with E-state index in [1.807, 2.05) is 49.0 Å². The topological polar surface area (TPSA) is 139 Å². The molecule has 4 aromatic rings. The van der Waals surface area contributed by atoms with Crippen molar-refractivity contribution < 1.29 is 27.9 Å². The number of likely N-dealkylation sites (N-methyl/N-ethyl adjacent to an activating group) is 1. The van der Waals surface area contributed by atoms with Gasteiger partial charge in [-0.25, -0.2) is 13.4 Å². The molecule has 5 rings (SSSR count). The molecule has 13 heteroatoms. The third kappa shape index (κ3) is 6.21. The zero-order valence-electron chi connectivity index (χ0n) is 25.5. The fraction of sp³-hybridized carbons (Fsp3) is 0.387. The van der Waals surface area contributed by atoms with Crippen LogP contribution in [0.5, 0.6) is 5.75 Å². The molecule has 0 saturated heterocycles. The molecule has 2 aromatic carbocycles. The number of hydrogen-bond donors (Lipinski definition) is 2. The van der Waals surface area contributed by atoms with E-state index in [-0.39, 0.29) is 60.2 Å². The Morgan fingerprint density at radius 2 is 1.95 bits per heavy atom. The third-order valence-corrected chi connectivity index (χ3v) is 9.78. The van der Waals surface area contributed by atoms with Crippen LogP contribution in [-0.2, 0) is 35.3 Å². The number of aromatic nitrogens is 3. The number of aliphatic hydroxyl groups is 1. The Morgan fingerprint density at radius 1 is 1.20 bits per heavy atom. The zero-order valence-corrected chi connectivity index (χ0v) is 26.3. The van der Waals surface area contributed by atoms with Gasteiger partial charge in [-0.2, -0.15) is 4.31 Å². The molecule has 234 valence electrons. The van der Waals surface area contributed by atoms with Gasteiger partial charge < -0.3 is 29.2 Å². The molecule has 0 fully saturated rings. The fourth-order valence-corrected chi connectivity index (χ4v) is 6.64. The number of carbonyl (C=O) groups excluding carboxylic acids is 2. The van der Waals surface area contributed by atoms with Gasteiger partial charge in [0.25, 0.3) is 15.9 Å². The fourth-order valence-electron chi connectivity index (χ4n) is 5.50. The summed E-state index contributed by atoms with van der Waals surface area (Å²) >= 11 is 0. The molecule has 2 amide bonds. The lowest BCUT2D eigenvalue weighted by atomic mass is 9.99. The summed E-state index contributed by atoms with van der Waals surface area (Å²) in [6.45, 7) is 3.59. The predicted molar refractivity (Wildman–Crippen MR) is 166 cm³/mol. The summed E-state index contributed by atoms with van der Waals surface area (Å²) in [5.41, 5.74) is 2.54. The highest BCUT2D eigenvalue weighted by Gasteiger charge is 2.35. The highest BCUT2D eigenvalue weighted by molar-refractivity contribution is 7.89. The smallest absolute Gasteiger partial charge is 0.261 e. The van der Waals surface area contributed by atoms with Gasteiger partial charge in [0.2, 0.25) is 5.91 Å². The zero-order chi connectivity index (χ0) is 31.8. The largest absolute Gasteiger partial charge is 0.488 e. The first-order valence-electron chi connectivity index (χ1n) is 14.4. The highest BCUT2D eigenvalue weighted by Crippen LogP contribution is 2.31. The van der Waals surface area contributed by atoms with Crippen molar-refractivity contribution in [3.8, 4) is 5.75 Å². The van der Waals surface area contributed by atoms with Gasteiger partial charge in [-0.3, -0.25) is 9.59 Å². The number of carbonyl (C=O) groups is 2. The summed E-state index contributed by atoms with van der Waals surface area (Å²) in [6.07, 6.45) is 4.30. The molecule has 0 unspecified atom stereocenters. The molecule has 0 aliphatic carbocycles. The van der Waals surface area contributed by atoms with E-state index in [1.54, 1.807) is 41.6 Å². The number of aliphatic hydroxyl groups excluding tert-OH is 1. The highest BCUT2D eigenvalue weighted by atomic mass is 32.2. The monoisotopic (exact) mass is 622 g/mol. The number of fused-ring (bicyclic) bond motifs is 2. The second kappa shape index (κ2) is 12.4. The van der Waals surface area contributed by atoms with Crippen LogP contribution in [-0.4, -0.2) is 87.6 Å². The van der Waals surface area contributed by atoms with Gasteiger partial charge in [-0.15, -0.1) is 0 Å². The van der Waals surface area contributed by atoms with Crippen LogP contribution < -0.4 is 10.1 Å². The summed E-state index contributed by atoms with van der Waals surface area (Å²) in [6, 6.07) is 12.2. The van der Waals surface area contributed by atoms with Gasteiger partial charge in [0.05, 0.1) is 37.5 Å². The summed E-state index contributed by atoms with van der Waals surface area (Å²) in [5, 5.41) is 13.8. The quantitative estimate of drug-likeness (QED) is 0.293. The SMILES string of the molecule is C[C@H](CO)N1C[C@H](C)[C@@H](CN(C)S(=O)(=O)c2cn(C)cn2)Oc2ccc(NC(=O)Cc3cn(C)c4ccccc34)cc2C1=O. The van der Waals surface area contributed by atoms with Gasteiger partial charge in [0, 0.05) is 62.6 Å². The molecule has 44 heavy (non-hydrogen) atoms. The number of benzene rings is 2. The third-order valence-electron chi connectivity index (χ3n) is 8.07. The lowest BCUT2D eigenvalue weighted by molar-refractivity contribution is -0.115. The van der Waals surface area contributed by atoms with E-state index in [2.05, 4.69) is 10.3 Å². The van der Waals surface area contributed by atoms with E-state index in [0.29, 0.717) is 5.69 Å². The van der Waals surface area contributed by atoms with Crippen LogP contribution in [0.2, 0.25) is 0 Å². The van der Waals surface area contributed by atoms with Crippen LogP contribution in [0.4, 0.5) is 5.69 Å². The number of anilines is 1. The Kier molecular flexibility index (Phi) is 8.82. The molecule has 1 aliphatic heterocycles. The number of amides is 2. The van der Waals surface area contributed by atoms with Crippen molar-refractivity contribution in [3.63, 3.8) is 0 Å². The van der Waals surface area contributed by atoms with Crippen molar-refractivity contribution >= 4 is 38.4 Å². The minimum absolute atomic E-state index is 0.00142. The first kappa shape index (κ1) is 31.2. The maximum atomic E-state index is 13.8. The normalized spacial score (nSPS) is 18.1. The predicted octanol–water partition coefficient (Wildman–Crippen LogP) is 2.63. The van der Waals surface area contributed by atoms with E-state index in [1.165, 1.54) is 23.9 Å². The summed E-state index contributed by atoms with van der Waals surface area (Å²) in [7, 11) is 1.20. The van der Waals surface area contributed by atoms with E-state index < -0.39 is 22.2 Å². The first-order valence-corrected chi connectivity index (χ1v) is 15.8. The van der Waals surface area contributed by atoms with Gasteiger partial charge in [-0.05, 0) is 36.8 Å². The molecule has 2 N–H and O–H groups in total. The molecule has 2 aromatic heterocycles. The van der Waals surface area contributed by atoms with Crippen molar-refractivity contribution in [1.82, 2.24) is 23.3 Å². The lowest BCUT2D eigenvalue weighted by Crippen LogP contribution is -2.50. The molecule has 0 radical (unpaired) electrons. The number of sulfonamides is 1. The van der Waals surface area contributed by atoms with Crippen molar-refractivity contribution in [2.24, 2.45) is 20.0 Å². The molecule has 3 atom stereocenters. The minimum atomic E-state index is -3.89. The average molecular weight is 623 g/mol. The molecule has 0 spiro atoms. The van der Waals surface area contributed by atoms with E-state index in [4.69, 9.17) is 4.74 Å². The number of hydrogen-bond acceptors (Lipinski definition) is 7. The van der Waals surface area contributed by atoms with Crippen LogP contribution in [0.3, 0.4) is 0 Å². The van der Waals surface area contributed by atoms with Crippen LogP contribution in [0.25, 0.3) is 10.9 Å². The van der Waals surface area contributed by atoms with Crippen LogP contribution >= 0.6 is 0 Å². The van der Waals surface area contributed by atoms with Crippen molar-refractivity contribution in [2.45, 2.75) is 37.4 Å². The molecular formula is C31H38N6O6S. The number of nitrogens with one attached hydrogen (secondary N) is 1. The van der Waals surface area contributed by atoms with E-state index in [9.17, 15) is 23.1 Å². The summed E-state index contributed by atoms with van der Waals surface area (Å²) < 4.78 is 37.5. The van der Waals surface area contributed by atoms with Gasteiger partial charge in [-0.1, -0.05) is 25.1 Å². The number of nitrogens with zero attached hydrogens (tertiary/aromatic N) is 5. The second-order valence-corrected chi connectivity index (χ2v) is 13.5. The molecule has 0 saturated carbocycles. The number of para-hydroxylation sites is 1. The van der Waals surface area contributed by atoms with Crippen molar-refractivity contribution in [3.05, 3.63) is 72.3 Å². The molecule has 1 aliphatic rings. The van der Waals surface area contributed by atoms with Crippen LogP contribution in [0.15, 0.2) is 66.2 Å². The van der Waals surface area contributed by atoms with Gasteiger partial charge in [0.15, 0.2) is 5.03 Å². The summed E-state index contributed by atoms with van der Waals surface area (Å²) in [4.78, 5) is 32.5. The maximum absolute atomic E-state index is 13.8. The Hall–Kier alpha value is -4.20. The van der Waals surface area contributed by atoms with Crippen LogP contribution in [0.1, 0.15) is 29.8 Å². The number of imidazole rings is 1. The minimum Gasteiger partial charge on any atom is -0.488 e. The molecule has 3 heterocycles. The second-order valence-electron chi connectivity index (χ2n) is 11.5. The van der Waals surface area contributed by atoms with Gasteiger partial charge >= 0.3 is 0 Å². The maximum Gasteiger partial charge on any atom is 0.261 e. The molecular weight excluding hydrogens is 584 g/mol. The lowest BCUT2D eigenvalue weighted by Gasteiger charge is -2.38. The standard InChI is InChI=1S/C31H38N6O6S/c1-20-14-37(21(2)18-38)31(40)25-13-23(33-29(39)12-22-15-35(4)26-9-7-6-8-24(22)26)10-11-27(25)43-28(20)16-36(5)44(41,42)30-17-34(3)19-32-30/h6-11,13,15,17,19-21,28,38H,12,14,16,18H2,1-5H3,(H,33,39)/t20-,21+,28+/m0/s1. The number of ether oxygens (including phenoxy) is 1. The Bertz CT molecular complexity index is 1800. The van der Waals surface area contributed by atoms with Crippen molar-refractivity contribution in [2.75, 3.05) is 32.1 Å². The van der Waals surface area contributed by atoms with Crippen molar-refractivity contribution in [1.29, 1.82) is 0 Å². The Labute approximate surface area is 256 Å².